The highest BCUT2D eigenvalue weighted by Gasteiger charge is 2.34. The molecule has 1 saturated heterocycles. The zero-order chi connectivity index (χ0) is 15.8. The van der Waals surface area contributed by atoms with Gasteiger partial charge in [-0.1, -0.05) is 0 Å². The van der Waals surface area contributed by atoms with Gasteiger partial charge in [-0.15, -0.1) is 0 Å². The molecule has 1 heterocycles. The fourth-order valence-corrected chi connectivity index (χ4v) is 4.29. The molecule has 1 aliphatic rings. The fraction of sp³-hybridized carbons (Fsp3) is 0.538. The Morgan fingerprint density at radius 1 is 1.48 bits per heavy atom. The third-order valence-electron chi connectivity index (χ3n) is 3.92. The average molecular weight is 313 g/mol. The summed E-state index contributed by atoms with van der Waals surface area (Å²) in [6.45, 7) is 4.28. The smallest absolute Gasteiger partial charge is 0.269 e. The molecule has 0 aromatic heterocycles. The number of hydrogen-bond acceptors (Lipinski definition) is 5. The SMILES string of the molecule is Cc1cc([N+](=O)[O-])ccc1S(=O)(=O)N1CCC(C(C)N)C1. The van der Waals surface area contributed by atoms with Gasteiger partial charge in [0.2, 0.25) is 10.0 Å². The van der Waals surface area contributed by atoms with Gasteiger partial charge in [-0.2, -0.15) is 4.31 Å². The number of nitro benzene ring substituents is 1. The van der Waals surface area contributed by atoms with Crippen molar-refractivity contribution in [1.82, 2.24) is 4.31 Å². The minimum atomic E-state index is -3.62. The van der Waals surface area contributed by atoms with E-state index in [4.69, 9.17) is 5.73 Å². The van der Waals surface area contributed by atoms with Crippen molar-refractivity contribution in [2.75, 3.05) is 13.1 Å². The van der Waals surface area contributed by atoms with Gasteiger partial charge in [0.25, 0.3) is 5.69 Å². The van der Waals surface area contributed by atoms with Crippen molar-refractivity contribution < 1.29 is 13.3 Å². The third kappa shape index (κ3) is 3.07. The van der Waals surface area contributed by atoms with E-state index in [1.54, 1.807) is 6.92 Å². The average Bonchev–Trinajstić information content (AvgIpc) is 2.88. The number of nitrogens with two attached hydrogens (primary N) is 1. The molecule has 0 aliphatic carbocycles. The Labute approximate surface area is 123 Å². The van der Waals surface area contributed by atoms with E-state index in [-0.39, 0.29) is 22.5 Å². The lowest BCUT2D eigenvalue weighted by atomic mass is 10.0. The van der Waals surface area contributed by atoms with Crippen LogP contribution in [-0.4, -0.2) is 36.8 Å². The zero-order valence-corrected chi connectivity index (χ0v) is 12.8. The maximum atomic E-state index is 12.6. The molecule has 0 spiro atoms. The molecule has 0 bridgehead atoms. The first kappa shape index (κ1) is 15.9. The summed E-state index contributed by atoms with van der Waals surface area (Å²) in [4.78, 5) is 10.3. The number of benzene rings is 1. The van der Waals surface area contributed by atoms with Gasteiger partial charge < -0.3 is 5.73 Å². The maximum Gasteiger partial charge on any atom is 0.269 e. The summed E-state index contributed by atoms with van der Waals surface area (Å²) in [5.74, 6) is 0.151. The van der Waals surface area contributed by atoms with Crippen molar-refractivity contribution >= 4 is 15.7 Å². The Morgan fingerprint density at radius 3 is 2.62 bits per heavy atom. The van der Waals surface area contributed by atoms with Gasteiger partial charge in [0, 0.05) is 31.3 Å². The van der Waals surface area contributed by atoms with Crippen molar-refractivity contribution in [3.8, 4) is 0 Å². The second-order valence-corrected chi connectivity index (χ2v) is 7.38. The van der Waals surface area contributed by atoms with E-state index in [0.717, 1.165) is 6.42 Å². The standard InChI is InChI=1S/C13H19N3O4S/c1-9-7-12(16(17)18)3-4-13(9)21(19,20)15-6-5-11(8-15)10(2)14/h3-4,7,10-11H,5-6,8,14H2,1-2H3. The summed E-state index contributed by atoms with van der Waals surface area (Å²) in [6.07, 6.45) is 0.739. The molecule has 1 aromatic carbocycles. The Hall–Kier alpha value is -1.51. The first-order valence-corrected chi connectivity index (χ1v) is 8.18. The Balaban J connectivity index is 2.31. The molecule has 1 aliphatic heterocycles. The summed E-state index contributed by atoms with van der Waals surface area (Å²) in [6, 6.07) is 3.76. The van der Waals surface area contributed by atoms with Crippen LogP contribution in [0, 0.1) is 23.0 Å². The lowest BCUT2D eigenvalue weighted by molar-refractivity contribution is -0.385. The van der Waals surface area contributed by atoms with Gasteiger partial charge in [0.15, 0.2) is 0 Å². The molecular formula is C13H19N3O4S. The molecule has 0 saturated carbocycles. The lowest BCUT2D eigenvalue weighted by Crippen LogP contribution is -2.33. The van der Waals surface area contributed by atoms with Crippen LogP contribution >= 0.6 is 0 Å². The highest BCUT2D eigenvalue weighted by atomic mass is 32.2. The van der Waals surface area contributed by atoms with Crippen LogP contribution in [0.3, 0.4) is 0 Å². The molecule has 2 atom stereocenters. The van der Waals surface area contributed by atoms with Crippen molar-refractivity contribution in [2.45, 2.75) is 31.2 Å². The number of nitro groups is 1. The molecule has 2 rings (SSSR count). The van der Waals surface area contributed by atoms with Crippen LogP contribution in [0.15, 0.2) is 23.1 Å². The maximum absolute atomic E-state index is 12.6. The van der Waals surface area contributed by atoms with Crippen LogP contribution in [0.4, 0.5) is 5.69 Å². The second-order valence-electron chi connectivity index (χ2n) is 5.48. The van der Waals surface area contributed by atoms with E-state index < -0.39 is 14.9 Å². The fourth-order valence-electron chi connectivity index (χ4n) is 2.58. The van der Waals surface area contributed by atoms with Crippen LogP contribution in [0.5, 0.6) is 0 Å². The topological polar surface area (TPSA) is 107 Å². The van der Waals surface area contributed by atoms with Gasteiger partial charge >= 0.3 is 0 Å². The van der Waals surface area contributed by atoms with Crippen LogP contribution in [0.1, 0.15) is 18.9 Å². The summed E-state index contributed by atoms with van der Waals surface area (Å²) >= 11 is 0. The number of rotatable bonds is 4. The number of sulfonamides is 1. The Kier molecular flexibility index (Phi) is 4.31. The number of hydrogen-bond donors (Lipinski definition) is 1. The van der Waals surface area contributed by atoms with Gasteiger partial charge in [-0.25, -0.2) is 8.42 Å². The molecule has 2 N–H and O–H groups in total. The summed E-state index contributed by atoms with van der Waals surface area (Å²) in [7, 11) is -3.62. The molecule has 0 amide bonds. The number of non-ortho nitro benzene ring substituents is 1. The molecule has 7 nitrogen and oxygen atoms in total. The molecule has 1 aromatic rings. The lowest BCUT2D eigenvalue weighted by Gasteiger charge is -2.19. The van der Waals surface area contributed by atoms with Gasteiger partial charge in [-0.3, -0.25) is 10.1 Å². The number of nitrogens with zero attached hydrogens (tertiary/aromatic N) is 2. The zero-order valence-electron chi connectivity index (χ0n) is 12.0. The molecule has 0 radical (unpaired) electrons. The van der Waals surface area contributed by atoms with Gasteiger partial charge in [0.1, 0.15) is 0 Å². The quantitative estimate of drug-likeness (QED) is 0.665. The van der Waals surface area contributed by atoms with E-state index in [2.05, 4.69) is 0 Å². The summed E-state index contributed by atoms with van der Waals surface area (Å²) in [5.41, 5.74) is 6.10. The van der Waals surface area contributed by atoms with E-state index >= 15 is 0 Å². The predicted molar refractivity (Wildman–Crippen MR) is 78.3 cm³/mol. The van der Waals surface area contributed by atoms with E-state index in [0.29, 0.717) is 18.7 Å². The minimum Gasteiger partial charge on any atom is -0.328 e. The second kappa shape index (κ2) is 5.70. The molecule has 1 fully saturated rings. The van der Waals surface area contributed by atoms with Crippen molar-refractivity contribution in [1.29, 1.82) is 0 Å². The van der Waals surface area contributed by atoms with Crippen molar-refractivity contribution in [3.63, 3.8) is 0 Å². The van der Waals surface area contributed by atoms with Crippen LogP contribution in [-0.2, 0) is 10.0 Å². The monoisotopic (exact) mass is 313 g/mol. The van der Waals surface area contributed by atoms with Crippen LogP contribution in [0.25, 0.3) is 0 Å². The van der Waals surface area contributed by atoms with Gasteiger partial charge in [-0.05, 0) is 37.8 Å². The third-order valence-corrected chi connectivity index (χ3v) is 5.94. The molecule has 8 heteroatoms. The van der Waals surface area contributed by atoms with Crippen molar-refractivity contribution in [3.05, 3.63) is 33.9 Å². The van der Waals surface area contributed by atoms with E-state index in [9.17, 15) is 18.5 Å². The van der Waals surface area contributed by atoms with E-state index in [1.807, 2.05) is 6.92 Å². The largest absolute Gasteiger partial charge is 0.328 e. The first-order valence-electron chi connectivity index (χ1n) is 6.74. The highest BCUT2D eigenvalue weighted by Crippen LogP contribution is 2.28. The Bertz CT molecular complexity index is 657. The van der Waals surface area contributed by atoms with Crippen LogP contribution < -0.4 is 5.73 Å². The molecular weight excluding hydrogens is 294 g/mol. The highest BCUT2D eigenvalue weighted by molar-refractivity contribution is 7.89. The molecule has 116 valence electrons. The Morgan fingerprint density at radius 2 is 2.14 bits per heavy atom. The predicted octanol–water partition coefficient (Wildman–Crippen LogP) is 1.26. The van der Waals surface area contributed by atoms with Crippen molar-refractivity contribution in [2.24, 2.45) is 11.7 Å². The van der Waals surface area contributed by atoms with E-state index in [1.165, 1.54) is 22.5 Å². The first-order chi connectivity index (χ1) is 9.73. The van der Waals surface area contributed by atoms with Gasteiger partial charge in [0.05, 0.1) is 9.82 Å². The van der Waals surface area contributed by atoms with Crippen LogP contribution in [0.2, 0.25) is 0 Å². The number of aryl methyl sites for hydroxylation is 1. The minimum absolute atomic E-state index is 0.0526. The summed E-state index contributed by atoms with van der Waals surface area (Å²) < 4.78 is 26.7. The normalized spacial score (nSPS) is 21.4. The molecule has 2 unspecified atom stereocenters. The summed E-state index contributed by atoms with van der Waals surface area (Å²) in [5, 5.41) is 10.7. The molecule has 21 heavy (non-hydrogen) atoms.